The van der Waals surface area contributed by atoms with Crippen LogP contribution in [-0.4, -0.2) is 40.3 Å². The number of benzene rings is 1. The second-order valence-electron chi connectivity index (χ2n) is 5.51. The SMILES string of the molecule is COc1ccc(-c2n[nH]c(=S)n2/N=C/c2cc(C)[nH]c2C)c(OC)c1. The lowest BCUT2D eigenvalue weighted by Crippen LogP contribution is -1.98. The van der Waals surface area contributed by atoms with E-state index < -0.39 is 0 Å². The highest BCUT2D eigenvalue weighted by Gasteiger charge is 2.14. The molecule has 0 radical (unpaired) electrons. The van der Waals surface area contributed by atoms with E-state index in [1.807, 2.05) is 32.0 Å². The van der Waals surface area contributed by atoms with Gasteiger partial charge >= 0.3 is 0 Å². The molecule has 0 saturated carbocycles. The lowest BCUT2D eigenvalue weighted by Gasteiger charge is -2.09. The molecule has 2 heterocycles. The van der Waals surface area contributed by atoms with Crippen molar-refractivity contribution in [3.63, 3.8) is 0 Å². The van der Waals surface area contributed by atoms with Gasteiger partial charge in [-0.15, -0.1) is 0 Å². The van der Waals surface area contributed by atoms with E-state index in [4.69, 9.17) is 21.7 Å². The summed E-state index contributed by atoms with van der Waals surface area (Å²) in [6.45, 7) is 4.00. The van der Waals surface area contributed by atoms with Gasteiger partial charge in [0.25, 0.3) is 0 Å². The minimum Gasteiger partial charge on any atom is -0.497 e. The molecule has 1 aromatic carbocycles. The van der Waals surface area contributed by atoms with Crippen LogP contribution >= 0.6 is 12.2 Å². The van der Waals surface area contributed by atoms with Gasteiger partial charge in [0.15, 0.2) is 5.82 Å². The summed E-state index contributed by atoms with van der Waals surface area (Å²) in [7, 11) is 3.20. The predicted molar refractivity (Wildman–Crippen MR) is 99.2 cm³/mol. The monoisotopic (exact) mass is 357 g/mol. The number of ether oxygens (including phenoxy) is 2. The van der Waals surface area contributed by atoms with E-state index in [-0.39, 0.29) is 0 Å². The van der Waals surface area contributed by atoms with E-state index in [0.29, 0.717) is 22.1 Å². The number of aromatic nitrogens is 4. The zero-order chi connectivity index (χ0) is 18.0. The van der Waals surface area contributed by atoms with Crippen molar-refractivity contribution >= 4 is 18.4 Å². The van der Waals surface area contributed by atoms with Gasteiger partial charge in [-0.25, -0.2) is 5.10 Å². The fraction of sp³-hybridized carbons (Fsp3) is 0.235. The second-order valence-corrected chi connectivity index (χ2v) is 5.89. The van der Waals surface area contributed by atoms with Crippen molar-refractivity contribution in [2.75, 3.05) is 14.2 Å². The summed E-state index contributed by atoms with van der Waals surface area (Å²) in [6, 6.07) is 7.51. The Hall–Kier alpha value is -2.87. The largest absolute Gasteiger partial charge is 0.497 e. The van der Waals surface area contributed by atoms with Crippen LogP contribution in [-0.2, 0) is 0 Å². The summed E-state index contributed by atoms with van der Waals surface area (Å²) >= 11 is 5.31. The number of nitrogens with one attached hydrogen (secondary N) is 2. The molecule has 7 nitrogen and oxygen atoms in total. The lowest BCUT2D eigenvalue weighted by molar-refractivity contribution is 0.395. The summed E-state index contributed by atoms with van der Waals surface area (Å²) in [4.78, 5) is 3.25. The van der Waals surface area contributed by atoms with Crippen LogP contribution in [0.15, 0.2) is 29.4 Å². The molecule has 0 amide bonds. The van der Waals surface area contributed by atoms with Crippen LogP contribution in [0.4, 0.5) is 0 Å². The summed E-state index contributed by atoms with van der Waals surface area (Å²) in [6.07, 6.45) is 1.75. The van der Waals surface area contributed by atoms with Crippen molar-refractivity contribution in [2.24, 2.45) is 5.10 Å². The maximum absolute atomic E-state index is 5.45. The number of H-pyrrole nitrogens is 2. The third-order valence-electron chi connectivity index (χ3n) is 3.80. The maximum Gasteiger partial charge on any atom is 0.216 e. The van der Waals surface area contributed by atoms with Crippen LogP contribution in [0, 0.1) is 18.6 Å². The molecule has 0 aliphatic carbocycles. The molecule has 0 unspecified atom stereocenters. The first-order chi connectivity index (χ1) is 12.0. The van der Waals surface area contributed by atoms with Crippen LogP contribution in [0.2, 0.25) is 0 Å². The van der Waals surface area contributed by atoms with Crippen molar-refractivity contribution in [1.29, 1.82) is 0 Å². The molecule has 0 aliphatic heterocycles. The molecule has 0 aliphatic rings. The minimum absolute atomic E-state index is 0.397. The zero-order valence-corrected chi connectivity index (χ0v) is 15.3. The minimum atomic E-state index is 0.397. The molecule has 2 aromatic heterocycles. The average molecular weight is 357 g/mol. The highest BCUT2D eigenvalue weighted by atomic mass is 32.1. The van der Waals surface area contributed by atoms with E-state index in [0.717, 1.165) is 22.5 Å². The van der Waals surface area contributed by atoms with Crippen LogP contribution < -0.4 is 9.47 Å². The predicted octanol–water partition coefficient (Wildman–Crippen LogP) is 3.45. The molecule has 3 rings (SSSR count). The van der Waals surface area contributed by atoms with Gasteiger partial charge in [-0.1, -0.05) is 0 Å². The Balaban J connectivity index is 2.06. The molecule has 0 bridgehead atoms. The van der Waals surface area contributed by atoms with E-state index >= 15 is 0 Å². The first-order valence-corrected chi connectivity index (χ1v) is 8.04. The average Bonchev–Trinajstić information content (AvgIpc) is 3.13. The number of aromatic amines is 2. The molecule has 8 heteroatoms. The normalized spacial score (nSPS) is 11.2. The number of nitrogens with zero attached hydrogens (tertiary/aromatic N) is 3. The van der Waals surface area contributed by atoms with Gasteiger partial charge in [0.1, 0.15) is 11.5 Å². The summed E-state index contributed by atoms with van der Waals surface area (Å²) in [5.74, 6) is 1.88. The van der Waals surface area contributed by atoms with Crippen molar-refractivity contribution in [3.05, 3.63) is 46.0 Å². The smallest absolute Gasteiger partial charge is 0.216 e. The van der Waals surface area contributed by atoms with Gasteiger partial charge in [-0.2, -0.15) is 14.9 Å². The third kappa shape index (κ3) is 3.34. The van der Waals surface area contributed by atoms with Gasteiger partial charge < -0.3 is 14.5 Å². The van der Waals surface area contributed by atoms with E-state index in [1.165, 1.54) is 0 Å². The van der Waals surface area contributed by atoms with Gasteiger partial charge in [0.05, 0.1) is 26.0 Å². The van der Waals surface area contributed by atoms with Crippen molar-refractivity contribution in [2.45, 2.75) is 13.8 Å². The van der Waals surface area contributed by atoms with Crippen LogP contribution in [0.25, 0.3) is 11.4 Å². The van der Waals surface area contributed by atoms with Crippen LogP contribution in [0.3, 0.4) is 0 Å². The number of hydrogen-bond donors (Lipinski definition) is 2. The van der Waals surface area contributed by atoms with Gasteiger partial charge in [0, 0.05) is 23.0 Å². The van der Waals surface area contributed by atoms with Crippen molar-refractivity contribution < 1.29 is 9.47 Å². The summed E-state index contributed by atoms with van der Waals surface area (Å²) in [5, 5.41) is 11.6. The van der Waals surface area contributed by atoms with Crippen molar-refractivity contribution in [3.8, 4) is 22.9 Å². The van der Waals surface area contributed by atoms with Gasteiger partial charge in [-0.3, -0.25) is 0 Å². The molecule has 0 saturated heterocycles. The number of aryl methyl sites for hydroxylation is 2. The molecule has 130 valence electrons. The van der Waals surface area contributed by atoms with Gasteiger partial charge in [0.2, 0.25) is 4.77 Å². The Morgan fingerprint density at radius 1 is 1.20 bits per heavy atom. The first-order valence-electron chi connectivity index (χ1n) is 7.64. The fourth-order valence-electron chi connectivity index (χ4n) is 2.56. The maximum atomic E-state index is 5.45. The summed E-state index contributed by atoms with van der Waals surface area (Å²) < 4.78 is 12.7. The number of methoxy groups -OCH3 is 2. The van der Waals surface area contributed by atoms with Crippen LogP contribution in [0.1, 0.15) is 17.0 Å². The topological polar surface area (TPSA) is 80.2 Å². The molecular formula is C17H19N5O2S. The Bertz CT molecular complexity index is 983. The van der Waals surface area contributed by atoms with Gasteiger partial charge in [-0.05, 0) is 44.3 Å². The zero-order valence-electron chi connectivity index (χ0n) is 14.5. The number of rotatable bonds is 5. The Kier molecular flexibility index (Phi) is 4.71. The van der Waals surface area contributed by atoms with E-state index in [9.17, 15) is 0 Å². The standard InChI is InChI=1S/C17H19N5O2S/c1-10-7-12(11(2)19-10)9-18-22-16(20-21-17(22)25)14-6-5-13(23-3)8-15(14)24-4/h5-9,19H,1-4H3,(H,21,25)/b18-9+. The third-order valence-corrected chi connectivity index (χ3v) is 4.07. The van der Waals surface area contributed by atoms with Crippen molar-refractivity contribution in [1.82, 2.24) is 19.9 Å². The highest BCUT2D eigenvalue weighted by Crippen LogP contribution is 2.32. The molecule has 0 atom stereocenters. The Morgan fingerprint density at radius 3 is 2.64 bits per heavy atom. The first kappa shape index (κ1) is 17.0. The quantitative estimate of drug-likeness (QED) is 0.541. The molecule has 0 spiro atoms. The number of hydrogen-bond acceptors (Lipinski definition) is 5. The fourth-order valence-corrected chi connectivity index (χ4v) is 2.74. The molecule has 3 aromatic rings. The lowest BCUT2D eigenvalue weighted by atomic mass is 10.2. The second kappa shape index (κ2) is 6.94. The van der Waals surface area contributed by atoms with E-state index in [1.54, 1.807) is 31.2 Å². The molecule has 2 N–H and O–H groups in total. The van der Waals surface area contributed by atoms with Crippen LogP contribution in [0.5, 0.6) is 11.5 Å². The van der Waals surface area contributed by atoms with E-state index in [2.05, 4.69) is 20.3 Å². The summed E-state index contributed by atoms with van der Waals surface area (Å²) in [5.41, 5.74) is 3.87. The highest BCUT2D eigenvalue weighted by molar-refractivity contribution is 7.71. The molecular weight excluding hydrogens is 338 g/mol. The Labute approximate surface area is 150 Å². The molecule has 0 fully saturated rings. The molecule has 25 heavy (non-hydrogen) atoms. The Morgan fingerprint density at radius 2 is 2.00 bits per heavy atom.